The predicted molar refractivity (Wildman–Crippen MR) is 64.9 cm³/mol. The van der Waals surface area contributed by atoms with Crippen LogP contribution in [0.2, 0.25) is 0 Å². The van der Waals surface area contributed by atoms with Crippen molar-refractivity contribution in [3.05, 3.63) is 46.0 Å². The number of hydrogen-bond acceptors (Lipinski definition) is 5. The summed E-state index contributed by atoms with van der Waals surface area (Å²) in [6, 6.07) is 4.90. The largest absolute Gasteiger partial charge is 0.462 e. The van der Waals surface area contributed by atoms with Crippen molar-refractivity contribution in [1.82, 2.24) is 14.8 Å². The van der Waals surface area contributed by atoms with Gasteiger partial charge in [0.25, 0.3) is 5.56 Å². The molecule has 2 aromatic heterocycles. The third-order valence-electron chi connectivity index (χ3n) is 2.37. The summed E-state index contributed by atoms with van der Waals surface area (Å²) in [5.41, 5.74) is -0.309. The van der Waals surface area contributed by atoms with Crippen LogP contribution in [0.1, 0.15) is 22.8 Å². The molecule has 7 heteroatoms. The normalized spacial score (nSPS) is 9.89. The SMILES string of the molecule is CCOC(=O)c1c[nH]n(-c2cc(C#N)ccn2)c1=O. The molecule has 2 aromatic rings. The Labute approximate surface area is 108 Å². The lowest BCUT2D eigenvalue weighted by Crippen LogP contribution is -2.22. The summed E-state index contributed by atoms with van der Waals surface area (Å²) in [6.45, 7) is 1.84. The van der Waals surface area contributed by atoms with Gasteiger partial charge in [0.15, 0.2) is 5.82 Å². The van der Waals surface area contributed by atoms with Gasteiger partial charge >= 0.3 is 5.97 Å². The number of hydrogen-bond donors (Lipinski definition) is 1. The highest BCUT2D eigenvalue weighted by Crippen LogP contribution is 2.04. The summed E-state index contributed by atoms with van der Waals surface area (Å²) < 4.78 is 5.83. The number of aromatic nitrogens is 3. The van der Waals surface area contributed by atoms with Crippen LogP contribution in [0.3, 0.4) is 0 Å². The highest BCUT2D eigenvalue weighted by molar-refractivity contribution is 5.88. The summed E-state index contributed by atoms with van der Waals surface area (Å²) in [5.74, 6) is -0.460. The van der Waals surface area contributed by atoms with E-state index in [9.17, 15) is 9.59 Å². The highest BCUT2D eigenvalue weighted by Gasteiger charge is 2.16. The van der Waals surface area contributed by atoms with Gasteiger partial charge in [-0.2, -0.15) is 5.26 Å². The molecular formula is C12H10N4O3. The first kappa shape index (κ1) is 12.6. The second-order valence-corrected chi connectivity index (χ2v) is 3.56. The minimum atomic E-state index is -0.695. The first-order valence-electron chi connectivity index (χ1n) is 5.51. The minimum absolute atomic E-state index is 0.106. The van der Waals surface area contributed by atoms with Gasteiger partial charge < -0.3 is 4.74 Å². The van der Waals surface area contributed by atoms with Crippen LogP contribution < -0.4 is 5.56 Å². The molecule has 0 radical (unpaired) electrons. The van der Waals surface area contributed by atoms with Crippen LogP contribution in [0.5, 0.6) is 0 Å². The standard InChI is InChI=1S/C12H10N4O3/c1-2-19-12(18)9-7-15-16(11(9)17)10-5-8(6-13)3-4-14-10/h3-5,7,15H,2H2,1H3. The molecule has 0 spiro atoms. The Hall–Kier alpha value is -2.88. The molecule has 19 heavy (non-hydrogen) atoms. The van der Waals surface area contributed by atoms with Crippen molar-refractivity contribution in [2.45, 2.75) is 6.92 Å². The molecule has 0 aliphatic rings. The summed E-state index contributed by atoms with van der Waals surface area (Å²) >= 11 is 0. The van der Waals surface area contributed by atoms with Crippen molar-refractivity contribution in [2.24, 2.45) is 0 Å². The van der Waals surface area contributed by atoms with E-state index in [4.69, 9.17) is 10.00 Å². The second-order valence-electron chi connectivity index (χ2n) is 3.56. The summed E-state index contributed by atoms with van der Waals surface area (Å²) in [7, 11) is 0. The fraction of sp³-hybridized carbons (Fsp3) is 0.167. The number of pyridine rings is 1. The molecule has 0 unspecified atom stereocenters. The summed E-state index contributed by atoms with van der Waals surface area (Å²) in [6.07, 6.45) is 2.66. The lowest BCUT2D eigenvalue weighted by Gasteiger charge is -2.00. The fourth-order valence-corrected chi connectivity index (χ4v) is 1.51. The zero-order chi connectivity index (χ0) is 13.8. The van der Waals surface area contributed by atoms with E-state index >= 15 is 0 Å². The lowest BCUT2D eigenvalue weighted by atomic mass is 10.3. The van der Waals surface area contributed by atoms with Crippen LogP contribution >= 0.6 is 0 Å². The number of nitriles is 1. The number of esters is 1. The number of carbonyl (C=O) groups is 1. The quantitative estimate of drug-likeness (QED) is 0.813. The molecule has 0 saturated carbocycles. The van der Waals surface area contributed by atoms with Crippen molar-refractivity contribution >= 4 is 5.97 Å². The van der Waals surface area contributed by atoms with E-state index in [1.807, 2.05) is 6.07 Å². The lowest BCUT2D eigenvalue weighted by molar-refractivity contribution is 0.0525. The Balaban J connectivity index is 2.45. The van der Waals surface area contributed by atoms with E-state index in [1.54, 1.807) is 6.92 Å². The maximum atomic E-state index is 12.0. The third-order valence-corrected chi connectivity index (χ3v) is 2.37. The zero-order valence-corrected chi connectivity index (χ0v) is 10.1. The first-order chi connectivity index (χ1) is 9.17. The molecule has 0 aromatic carbocycles. The van der Waals surface area contributed by atoms with Crippen molar-refractivity contribution < 1.29 is 9.53 Å². The van der Waals surface area contributed by atoms with Crippen molar-refractivity contribution in [1.29, 1.82) is 5.26 Å². The predicted octanol–water partition coefficient (Wildman–Crippen LogP) is 0.609. The Morgan fingerprint density at radius 1 is 1.63 bits per heavy atom. The van der Waals surface area contributed by atoms with Crippen molar-refractivity contribution in [3.8, 4) is 11.9 Å². The zero-order valence-electron chi connectivity index (χ0n) is 10.1. The van der Waals surface area contributed by atoms with E-state index in [0.29, 0.717) is 5.56 Å². The maximum absolute atomic E-state index is 12.0. The number of H-pyrrole nitrogens is 1. The molecule has 0 aliphatic carbocycles. The molecule has 0 bridgehead atoms. The van der Waals surface area contributed by atoms with E-state index in [-0.39, 0.29) is 18.0 Å². The average molecular weight is 258 g/mol. The van der Waals surface area contributed by atoms with Crippen LogP contribution in [-0.2, 0) is 4.74 Å². The van der Waals surface area contributed by atoms with Crippen LogP contribution in [0, 0.1) is 11.3 Å². The molecule has 7 nitrogen and oxygen atoms in total. The fourth-order valence-electron chi connectivity index (χ4n) is 1.51. The Bertz CT molecular complexity index is 708. The monoisotopic (exact) mass is 258 g/mol. The van der Waals surface area contributed by atoms with Gasteiger partial charge in [-0.25, -0.2) is 14.5 Å². The van der Waals surface area contributed by atoms with Gasteiger partial charge in [0.2, 0.25) is 0 Å². The molecule has 96 valence electrons. The maximum Gasteiger partial charge on any atom is 0.345 e. The molecule has 0 fully saturated rings. The Morgan fingerprint density at radius 3 is 3.11 bits per heavy atom. The van der Waals surface area contributed by atoms with Crippen LogP contribution in [-0.4, -0.2) is 27.3 Å². The smallest absolute Gasteiger partial charge is 0.345 e. The molecule has 0 amide bonds. The van der Waals surface area contributed by atoms with Gasteiger partial charge in [-0.05, 0) is 13.0 Å². The van der Waals surface area contributed by atoms with Gasteiger partial charge in [0.1, 0.15) is 5.56 Å². The van der Waals surface area contributed by atoms with Crippen molar-refractivity contribution in [2.75, 3.05) is 6.61 Å². The van der Waals surface area contributed by atoms with Crippen LogP contribution in [0.4, 0.5) is 0 Å². The Kier molecular flexibility index (Phi) is 3.43. The number of aromatic amines is 1. The first-order valence-corrected chi connectivity index (χ1v) is 5.51. The minimum Gasteiger partial charge on any atom is -0.462 e. The molecule has 2 heterocycles. The number of carbonyl (C=O) groups excluding carboxylic acids is 1. The molecule has 0 aliphatic heterocycles. The van der Waals surface area contributed by atoms with Gasteiger partial charge in [-0.1, -0.05) is 0 Å². The highest BCUT2D eigenvalue weighted by atomic mass is 16.5. The van der Waals surface area contributed by atoms with E-state index < -0.39 is 11.5 Å². The van der Waals surface area contributed by atoms with Crippen LogP contribution in [0.15, 0.2) is 29.3 Å². The second kappa shape index (κ2) is 5.18. The summed E-state index contributed by atoms with van der Waals surface area (Å²) in [4.78, 5) is 27.5. The Morgan fingerprint density at radius 2 is 2.42 bits per heavy atom. The van der Waals surface area contributed by atoms with E-state index in [1.165, 1.54) is 24.5 Å². The van der Waals surface area contributed by atoms with Gasteiger partial charge in [-0.3, -0.25) is 9.89 Å². The molecule has 0 atom stereocenters. The number of nitrogens with zero attached hydrogens (tertiary/aromatic N) is 3. The van der Waals surface area contributed by atoms with E-state index in [0.717, 1.165) is 4.68 Å². The van der Waals surface area contributed by atoms with Crippen molar-refractivity contribution in [3.63, 3.8) is 0 Å². The van der Waals surface area contributed by atoms with Gasteiger partial charge in [0, 0.05) is 18.5 Å². The number of nitrogens with one attached hydrogen (secondary N) is 1. The van der Waals surface area contributed by atoms with Crippen LogP contribution in [0.25, 0.3) is 5.82 Å². The molecule has 0 saturated heterocycles. The molecule has 1 N–H and O–H groups in total. The van der Waals surface area contributed by atoms with Gasteiger partial charge in [-0.15, -0.1) is 0 Å². The summed E-state index contributed by atoms with van der Waals surface area (Å²) in [5, 5.41) is 11.4. The number of ether oxygens (including phenoxy) is 1. The van der Waals surface area contributed by atoms with Gasteiger partial charge in [0.05, 0.1) is 18.2 Å². The van der Waals surface area contributed by atoms with E-state index in [2.05, 4.69) is 10.1 Å². The topological polar surface area (TPSA) is 101 Å². The number of rotatable bonds is 3. The average Bonchev–Trinajstić information content (AvgIpc) is 2.81. The molecular weight excluding hydrogens is 248 g/mol. The molecule has 2 rings (SSSR count). The third kappa shape index (κ3) is 2.37.